The van der Waals surface area contributed by atoms with Crippen LogP contribution in [-0.2, 0) is 11.0 Å². The van der Waals surface area contributed by atoms with Crippen LogP contribution in [0.2, 0.25) is 5.02 Å². The Bertz CT molecular complexity index is 739. The summed E-state index contributed by atoms with van der Waals surface area (Å²) in [6.07, 6.45) is -4.50. The molecule has 140 valence electrons. The van der Waals surface area contributed by atoms with Gasteiger partial charge in [-0.3, -0.25) is 4.79 Å². The number of quaternary nitrogens is 1. The molecule has 4 nitrogen and oxygen atoms in total. The number of benzene rings is 2. The summed E-state index contributed by atoms with van der Waals surface area (Å²) in [4.78, 5) is 12.9. The van der Waals surface area contributed by atoms with Crippen molar-refractivity contribution in [2.24, 2.45) is 0 Å². The van der Waals surface area contributed by atoms with E-state index in [-0.39, 0.29) is 17.3 Å². The molecule has 0 bridgehead atoms. The van der Waals surface area contributed by atoms with Crippen LogP contribution in [-0.4, -0.2) is 32.7 Å². The third kappa shape index (κ3) is 6.24. The fourth-order valence-corrected chi connectivity index (χ4v) is 2.38. The van der Waals surface area contributed by atoms with Crippen molar-refractivity contribution in [1.82, 2.24) is 0 Å². The molecule has 0 radical (unpaired) electrons. The maximum absolute atomic E-state index is 12.8. The molecule has 0 saturated heterocycles. The summed E-state index contributed by atoms with van der Waals surface area (Å²) in [6.45, 7) is 1.04. The number of hydrogen-bond acceptors (Lipinski definition) is 2. The standard InChI is InChI=1S/C18H18ClF3N2O2/c1-24(9-10-26-14-5-3-2-4-6-14)12-17(25)23-16-11-13(18(20,21)22)7-8-15(16)19/h2-8,11H,9-10,12H2,1H3,(H,23,25)/p+1. The highest BCUT2D eigenvalue weighted by Gasteiger charge is 2.31. The Labute approximate surface area is 154 Å². The maximum Gasteiger partial charge on any atom is 0.416 e. The molecule has 8 heteroatoms. The molecular weight excluding hydrogens is 369 g/mol. The normalized spacial score (nSPS) is 12.5. The van der Waals surface area contributed by atoms with Crippen molar-refractivity contribution in [3.8, 4) is 5.75 Å². The number of carbonyl (C=O) groups is 1. The van der Waals surface area contributed by atoms with E-state index < -0.39 is 17.6 Å². The smallest absolute Gasteiger partial charge is 0.416 e. The van der Waals surface area contributed by atoms with Gasteiger partial charge < -0.3 is 15.0 Å². The van der Waals surface area contributed by atoms with E-state index in [2.05, 4.69) is 5.32 Å². The molecule has 0 saturated carbocycles. The van der Waals surface area contributed by atoms with Gasteiger partial charge >= 0.3 is 6.18 Å². The molecule has 2 rings (SSSR count). The van der Waals surface area contributed by atoms with Crippen LogP contribution in [0.3, 0.4) is 0 Å². The molecule has 0 aliphatic rings. The van der Waals surface area contributed by atoms with Crippen LogP contribution in [0.15, 0.2) is 48.5 Å². The molecule has 1 amide bonds. The van der Waals surface area contributed by atoms with E-state index in [4.69, 9.17) is 16.3 Å². The summed E-state index contributed by atoms with van der Waals surface area (Å²) in [5.74, 6) is 0.309. The predicted molar refractivity (Wildman–Crippen MR) is 93.6 cm³/mol. The van der Waals surface area contributed by atoms with E-state index in [0.29, 0.717) is 13.2 Å². The molecule has 2 aromatic rings. The number of rotatable bonds is 7. The lowest BCUT2D eigenvalue weighted by atomic mass is 10.2. The molecule has 1 atom stereocenters. The monoisotopic (exact) mass is 387 g/mol. The van der Waals surface area contributed by atoms with Gasteiger partial charge in [0.2, 0.25) is 0 Å². The third-order valence-electron chi connectivity index (χ3n) is 3.57. The average molecular weight is 388 g/mol. The zero-order chi connectivity index (χ0) is 19.2. The van der Waals surface area contributed by atoms with E-state index in [1.54, 1.807) is 7.05 Å². The van der Waals surface area contributed by atoms with E-state index in [1.165, 1.54) is 0 Å². The van der Waals surface area contributed by atoms with E-state index in [9.17, 15) is 18.0 Å². The number of halogens is 4. The number of carbonyl (C=O) groups excluding carboxylic acids is 1. The van der Waals surface area contributed by atoms with Crippen molar-refractivity contribution in [3.63, 3.8) is 0 Å². The van der Waals surface area contributed by atoms with Gasteiger partial charge in [-0.2, -0.15) is 13.2 Å². The highest BCUT2D eigenvalue weighted by molar-refractivity contribution is 6.33. The topological polar surface area (TPSA) is 42.8 Å². The highest BCUT2D eigenvalue weighted by atomic mass is 35.5. The number of para-hydroxylation sites is 1. The Hall–Kier alpha value is -2.25. The highest BCUT2D eigenvalue weighted by Crippen LogP contribution is 2.33. The van der Waals surface area contributed by atoms with Gasteiger partial charge in [0.25, 0.3) is 5.91 Å². The third-order valence-corrected chi connectivity index (χ3v) is 3.90. The Morgan fingerprint density at radius 2 is 1.88 bits per heavy atom. The van der Waals surface area contributed by atoms with Crippen LogP contribution < -0.4 is 15.0 Å². The first-order valence-electron chi connectivity index (χ1n) is 7.91. The van der Waals surface area contributed by atoms with Crippen LogP contribution in [0.4, 0.5) is 18.9 Å². The molecule has 2 aromatic carbocycles. The Morgan fingerprint density at radius 3 is 2.54 bits per heavy atom. The number of anilines is 1. The second-order valence-corrected chi connectivity index (χ2v) is 6.19. The minimum atomic E-state index is -4.50. The fraction of sp³-hybridized carbons (Fsp3) is 0.278. The number of amides is 1. The van der Waals surface area contributed by atoms with Crippen molar-refractivity contribution in [1.29, 1.82) is 0 Å². The molecule has 1 unspecified atom stereocenters. The van der Waals surface area contributed by atoms with Crippen molar-refractivity contribution in [2.75, 3.05) is 32.1 Å². The first-order valence-corrected chi connectivity index (χ1v) is 8.29. The summed E-state index contributed by atoms with van der Waals surface area (Å²) < 4.78 is 43.8. The number of likely N-dealkylation sites (N-methyl/N-ethyl adjacent to an activating group) is 1. The first-order chi connectivity index (χ1) is 12.3. The molecule has 0 aliphatic carbocycles. The van der Waals surface area contributed by atoms with Gasteiger partial charge in [0.05, 0.1) is 23.3 Å². The largest absolute Gasteiger partial charge is 0.488 e. The lowest BCUT2D eigenvalue weighted by Gasteiger charge is -2.15. The van der Waals surface area contributed by atoms with Crippen molar-refractivity contribution < 1.29 is 27.6 Å². The second-order valence-electron chi connectivity index (χ2n) is 5.79. The number of hydrogen-bond donors (Lipinski definition) is 2. The summed E-state index contributed by atoms with van der Waals surface area (Å²) in [5.41, 5.74) is -0.922. The Balaban J connectivity index is 1.84. The second kappa shape index (κ2) is 8.91. The van der Waals surface area contributed by atoms with Gasteiger partial charge in [0.1, 0.15) is 18.9 Å². The van der Waals surface area contributed by atoms with Crippen LogP contribution in [0.5, 0.6) is 5.75 Å². The zero-order valence-corrected chi connectivity index (χ0v) is 14.8. The van der Waals surface area contributed by atoms with Gasteiger partial charge in [-0.05, 0) is 30.3 Å². The molecule has 2 N–H and O–H groups in total. The number of ether oxygens (including phenoxy) is 1. The SMILES string of the molecule is C[NH+](CCOc1ccccc1)CC(=O)Nc1cc(C(F)(F)F)ccc1Cl. The Kier molecular flexibility index (Phi) is 6.88. The molecule has 0 aromatic heterocycles. The molecule has 0 spiro atoms. The van der Waals surface area contributed by atoms with Gasteiger partial charge in [-0.1, -0.05) is 29.8 Å². The number of alkyl halides is 3. The van der Waals surface area contributed by atoms with E-state index >= 15 is 0 Å². The summed E-state index contributed by atoms with van der Waals surface area (Å²) >= 11 is 5.87. The van der Waals surface area contributed by atoms with Crippen molar-refractivity contribution in [2.45, 2.75) is 6.18 Å². The van der Waals surface area contributed by atoms with Gasteiger partial charge in [0, 0.05) is 0 Å². The minimum absolute atomic E-state index is 0.0522. The minimum Gasteiger partial charge on any atom is -0.488 e. The Morgan fingerprint density at radius 1 is 1.19 bits per heavy atom. The lowest BCUT2D eigenvalue weighted by Crippen LogP contribution is -3.10. The number of nitrogens with one attached hydrogen (secondary N) is 2. The first kappa shape index (κ1) is 20.1. The van der Waals surface area contributed by atoms with Crippen LogP contribution in [0, 0.1) is 0 Å². The summed E-state index contributed by atoms with van der Waals surface area (Å²) in [7, 11) is 1.79. The van der Waals surface area contributed by atoms with Crippen LogP contribution >= 0.6 is 11.6 Å². The zero-order valence-electron chi connectivity index (χ0n) is 14.1. The van der Waals surface area contributed by atoms with E-state index in [1.807, 2.05) is 30.3 Å². The molecule has 26 heavy (non-hydrogen) atoms. The summed E-state index contributed by atoms with van der Waals surface area (Å²) in [5, 5.41) is 2.48. The van der Waals surface area contributed by atoms with Gasteiger partial charge in [0.15, 0.2) is 6.54 Å². The fourth-order valence-electron chi connectivity index (χ4n) is 2.21. The van der Waals surface area contributed by atoms with E-state index in [0.717, 1.165) is 28.8 Å². The predicted octanol–water partition coefficient (Wildman–Crippen LogP) is 2.89. The van der Waals surface area contributed by atoms with Gasteiger partial charge in [-0.15, -0.1) is 0 Å². The van der Waals surface area contributed by atoms with Gasteiger partial charge in [-0.25, -0.2) is 0 Å². The van der Waals surface area contributed by atoms with Crippen molar-refractivity contribution in [3.05, 3.63) is 59.1 Å². The van der Waals surface area contributed by atoms with Crippen LogP contribution in [0.1, 0.15) is 5.56 Å². The van der Waals surface area contributed by atoms with Crippen LogP contribution in [0.25, 0.3) is 0 Å². The average Bonchev–Trinajstić information content (AvgIpc) is 2.56. The molecule has 0 fully saturated rings. The quantitative estimate of drug-likeness (QED) is 0.767. The van der Waals surface area contributed by atoms with Crippen molar-refractivity contribution >= 4 is 23.2 Å². The molecule has 0 aliphatic heterocycles. The summed E-state index contributed by atoms with van der Waals surface area (Å²) in [6, 6.07) is 12.1. The maximum atomic E-state index is 12.8. The molecule has 0 heterocycles. The lowest BCUT2D eigenvalue weighted by molar-refractivity contribution is -0.871. The molecular formula is C18H19ClF3N2O2+.